The zero-order valence-corrected chi connectivity index (χ0v) is 16.7. The third kappa shape index (κ3) is 4.20. The Hall–Kier alpha value is -2.24. The van der Waals surface area contributed by atoms with E-state index in [0.29, 0.717) is 23.0 Å². The highest BCUT2D eigenvalue weighted by atomic mass is 16.5. The molecule has 2 aliphatic carbocycles. The molecule has 148 valence electrons. The molecule has 4 atom stereocenters. The average molecular weight is 374 g/mol. The van der Waals surface area contributed by atoms with Gasteiger partial charge in [-0.15, -0.1) is 0 Å². The van der Waals surface area contributed by atoms with Crippen LogP contribution in [0.5, 0.6) is 11.5 Å². The summed E-state index contributed by atoms with van der Waals surface area (Å²) in [7, 11) is 4.87. The van der Waals surface area contributed by atoms with Gasteiger partial charge in [0.25, 0.3) is 11.8 Å². The number of nitrogens with one attached hydrogen (secondary N) is 1. The van der Waals surface area contributed by atoms with E-state index in [2.05, 4.69) is 12.2 Å². The second kappa shape index (κ2) is 8.19. The Balaban J connectivity index is 1.62. The number of hydrogen-bond donors (Lipinski definition) is 1. The fourth-order valence-corrected chi connectivity index (χ4v) is 4.68. The number of methoxy groups -OCH3 is 1. The van der Waals surface area contributed by atoms with Crippen LogP contribution in [0, 0.1) is 17.8 Å². The van der Waals surface area contributed by atoms with Gasteiger partial charge in [0.05, 0.1) is 12.7 Å². The first-order chi connectivity index (χ1) is 12.9. The van der Waals surface area contributed by atoms with Crippen molar-refractivity contribution in [3.63, 3.8) is 0 Å². The number of fused-ring (bicyclic) bond motifs is 2. The van der Waals surface area contributed by atoms with Crippen LogP contribution in [0.2, 0.25) is 0 Å². The van der Waals surface area contributed by atoms with Crippen LogP contribution in [0.1, 0.15) is 43.0 Å². The van der Waals surface area contributed by atoms with Gasteiger partial charge in [-0.05, 0) is 56.1 Å². The van der Waals surface area contributed by atoms with Crippen molar-refractivity contribution >= 4 is 11.8 Å². The van der Waals surface area contributed by atoms with Crippen molar-refractivity contribution in [2.75, 3.05) is 27.8 Å². The maximum absolute atomic E-state index is 12.4. The molecule has 3 rings (SSSR count). The van der Waals surface area contributed by atoms with Gasteiger partial charge in [-0.2, -0.15) is 0 Å². The normalized spacial score (nSPS) is 24.4. The van der Waals surface area contributed by atoms with Crippen molar-refractivity contribution in [3.8, 4) is 11.5 Å². The molecule has 2 aliphatic rings. The summed E-state index contributed by atoms with van der Waals surface area (Å²) in [5, 5.41) is 3.09. The van der Waals surface area contributed by atoms with Crippen molar-refractivity contribution in [3.05, 3.63) is 23.8 Å². The van der Waals surface area contributed by atoms with Gasteiger partial charge in [0.2, 0.25) is 0 Å². The number of amides is 2. The molecule has 1 aromatic rings. The Morgan fingerprint density at radius 3 is 2.63 bits per heavy atom. The monoisotopic (exact) mass is 374 g/mol. The Labute approximate surface area is 161 Å². The molecule has 6 heteroatoms. The number of rotatable bonds is 7. The fraction of sp³-hybridized carbons (Fsp3) is 0.619. The Morgan fingerprint density at radius 1 is 1.26 bits per heavy atom. The van der Waals surface area contributed by atoms with Crippen molar-refractivity contribution in [2.24, 2.45) is 17.8 Å². The molecule has 4 unspecified atom stereocenters. The minimum Gasteiger partial charge on any atom is -0.493 e. The zero-order chi connectivity index (χ0) is 19.6. The molecular formula is C21H30N2O4. The predicted octanol–water partition coefficient (Wildman–Crippen LogP) is 2.72. The third-order valence-corrected chi connectivity index (χ3v) is 6.01. The van der Waals surface area contributed by atoms with E-state index in [1.165, 1.54) is 37.7 Å². The van der Waals surface area contributed by atoms with Crippen molar-refractivity contribution < 1.29 is 19.1 Å². The standard InChI is InChI=1S/C21H30N2O4/c1-13(17-11-14-8-9-15(17)10-14)22-19(24)12-27-20-16(21(25)23(2)3)6-5-7-18(20)26-4/h5-7,13-15,17H,8-12H2,1-4H3,(H,22,24). The molecule has 0 heterocycles. The molecule has 27 heavy (non-hydrogen) atoms. The number of carbonyl (C=O) groups excluding carboxylic acids is 2. The first kappa shape index (κ1) is 19.5. The van der Waals surface area contributed by atoms with Gasteiger partial charge < -0.3 is 19.7 Å². The van der Waals surface area contributed by atoms with Crippen molar-refractivity contribution in [2.45, 2.75) is 38.6 Å². The van der Waals surface area contributed by atoms with Crippen LogP contribution in [0.3, 0.4) is 0 Å². The van der Waals surface area contributed by atoms with Crippen LogP contribution in [-0.4, -0.2) is 50.6 Å². The van der Waals surface area contributed by atoms with E-state index in [4.69, 9.17) is 9.47 Å². The van der Waals surface area contributed by atoms with Gasteiger partial charge in [0.1, 0.15) is 0 Å². The van der Waals surface area contributed by atoms with Gasteiger partial charge in [0.15, 0.2) is 18.1 Å². The van der Waals surface area contributed by atoms with Crippen LogP contribution in [0.4, 0.5) is 0 Å². The van der Waals surface area contributed by atoms with E-state index in [-0.39, 0.29) is 24.5 Å². The quantitative estimate of drug-likeness (QED) is 0.797. The maximum Gasteiger partial charge on any atom is 0.258 e. The van der Waals surface area contributed by atoms with Crippen LogP contribution < -0.4 is 14.8 Å². The number of para-hydroxylation sites is 1. The second-order valence-corrected chi connectivity index (χ2v) is 8.02. The van der Waals surface area contributed by atoms with E-state index in [1.807, 2.05) is 0 Å². The van der Waals surface area contributed by atoms with E-state index in [1.54, 1.807) is 32.3 Å². The summed E-state index contributed by atoms with van der Waals surface area (Å²) in [5.74, 6) is 2.57. The number of ether oxygens (including phenoxy) is 2. The van der Waals surface area contributed by atoms with Gasteiger partial charge in [-0.3, -0.25) is 9.59 Å². The molecule has 0 radical (unpaired) electrons. The average Bonchev–Trinajstić information content (AvgIpc) is 3.28. The second-order valence-electron chi connectivity index (χ2n) is 8.02. The summed E-state index contributed by atoms with van der Waals surface area (Å²) in [5.41, 5.74) is 0.383. The lowest BCUT2D eigenvalue weighted by Crippen LogP contribution is -2.42. The van der Waals surface area contributed by atoms with Gasteiger partial charge in [-0.25, -0.2) is 0 Å². The Kier molecular flexibility index (Phi) is 5.92. The highest BCUT2D eigenvalue weighted by Crippen LogP contribution is 2.49. The molecule has 1 aromatic carbocycles. The van der Waals surface area contributed by atoms with Crippen LogP contribution >= 0.6 is 0 Å². The number of carbonyl (C=O) groups is 2. The summed E-state index contributed by atoms with van der Waals surface area (Å²) < 4.78 is 11.0. The van der Waals surface area contributed by atoms with Crippen LogP contribution in [-0.2, 0) is 4.79 Å². The van der Waals surface area contributed by atoms with E-state index >= 15 is 0 Å². The lowest BCUT2D eigenvalue weighted by Gasteiger charge is -2.28. The van der Waals surface area contributed by atoms with Crippen molar-refractivity contribution in [1.29, 1.82) is 0 Å². The van der Waals surface area contributed by atoms with E-state index in [9.17, 15) is 9.59 Å². The molecule has 0 saturated heterocycles. The third-order valence-electron chi connectivity index (χ3n) is 6.01. The fourth-order valence-electron chi connectivity index (χ4n) is 4.68. The Morgan fingerprint density at radius 2 is 2.04 bits per heavy atom. The molecule has 2 fully saturated rings. The molecule has 0 spiro atoms. The smallest absolute Gasteiger partial charge is 0.258 e. The molecule has 1 N–H and O–H groups in total. The first-order valence-corrected chi connectivity index (χ1v) is 9.71. The molecule has 6 nitrogen and oxygen atoms in total. The highest BCUT2D eigenvalue weighted by Gasteiger charge is 2.42. The number of benzene rings is 1. The molecule has 2 bridgehead atoms. The molecule has 2 saturated carbocycles. The van der Waals surface area contributed by atoms with E-state index in [0.717, 1.165) is 11.8 Å². The predicted molar refractivity (Wildman–Crippen MR) is 103 cm³/mol. The SMILES string of the molecule is COc1cccc(C(=O)N(C)C)c1OCC(=O)NC(C)C1CC2CCC1C2. The lowest BCUT2D eigenvalue weighted by atomic mass is 9.84. The number of hydrogen-bond acceptors (Lipinski definition) is 4. The number of nitrogens with zero attached hydrogens (tertiary/aromatic N) is 1. The molecule has 2 amide bonds. The minimum absolute atomic E-state index is 0.140. The van der Waals surface area contributed by atoms with Crippen LogP contribution in [0.15, 0.2) is 18.2 Å². The summed E-state index contributed by atoms with van der Waals surface area (Å²) in [6, 6.07) is 5.28. The van der Waals surface area contributed by atoms with Gasteiger partial charge in [0, 0.05) is 20.1 Å². The molecular weight excluding hydrogens is 344 g/mol. The highest BCUT2D eigenvalue weighted by molar-refractivity contribution is 5.97. The van der Waals surface area contributed by atoms with Crippen LogP contribution in [0.25, 0.3) is 0 Å². The maximum atomic E-state index is 12.4. The van der Waals surface area contributed by atoms with Gasteiger partial charge >= 0.3 is 0 Å². The summed E-state index contributed by atoms with van der Waals surface area (Å²) in [4.78, 5) is 26.3. The molecule has 0 aliphatic heterocycles. The zero-order valence-electron chi connectivity index (χ0n) is 16.7. The first-order valence-electron chi connectivity index (χ1n) is 9.71. The summed E-state index contributed by atoms with van der Waals surface area (Å²) >= 11 is 0. The topological polar surface area (TPSA) is 67.9 Å². The lowest BCUT2D eigenvalue weighted by molar-refractivity contribution is -0.124. The largest absolute Gasteiger partial charge is 0.493 e. The van der Waals surface area contributed by atoms with E-state index < -0.39 is 0 Å². The van der Waals surface area contributed by atoms with Gasteiger partial charge in [-0.1, -0.05) is 12.5 Å². The summed E-state index contributed by atoms with van der Waals surface area (Å²) in [6.07, 6.45) is 5.18. The van der Waals surface area contributed by atoms with Crippen molar-refractivity contribution in [1.82, 2.24) is 10.2 Å². The molecule has 0 aromatic heterocycles. The minimum atomic E-state index is -0.195. The summed E-state index contributed by atoms with van der Waals surface area (Å²) in [6.45, 7) is 1.95. The Bertz CT molecular complexity index is 703.